The molecule has 0 N–H and O–H groups in total. The molecule has 0 radical (unpaired) electrons. The standard InChI is InChI=1S/C23H20Cl2FNO.C5H10O/c1-13(2)16-5-7-17(8-6-16)18-11-21(14(3)27-12-18)28-15(4)22-19(24)9-10-20(26)23(22)25;1-2-4-6-5-3-1/h5-12,15H,1H2,2-4H3;1-5H2. The smallest absolute Gasteiger partial charge is 0.142 e. The third kappa shape index (κ3) is 6.82. The number of rotatable bonds is 5. The van der Waals surface area contributed by atoms with Crippen molar-refractivity contribution in [3.8, 4) is 16.9 Å². The highest BCUT2D eigenvalue weighted by Crippen LogP contribution is 2.36. The molecule has 3 aromatic rings. The van der Waals surface area contributed by atoms with Gasteiger partial charge in [-0.25, -0.2) is 4.39 Å². The molecule has 180 valence electrons. The minimum absolute atomic E-state index is 0.0304. The molecule has 1 atom stereocenters. The molecule has 1 aliphatic heterocycles. The van der Waals surface area contributed by atoms with E-state index >= 15 is 0 Å². The minimum atomic E-state index is -0.544. The lowest BCUT2D eigenvalue weighted by Gasteiger charge is -2.19. The van der Waals surface area contributed by atoms with E-state index in [0.717, 1.165) is 41.2 Å². The first-order valence-electron chi connectivity index (χ1n) is 11.4. The van der Waals surface area contributed by atoms with Gasteiger partial charge in [-0.2, -0.15) is 0 Å². The van der Waals surface area contributed by atoms with Crippen molar-refractivity contribution < 1.29 is 13.9 Å². The van der Waals surface area contributed by atoms with Crippen molar-refractivity contribution in [2.75, 3.05) is 13.2 Å². The fourth-order valence-electron chi connectivity index (χ4n) is 3.59. The summed E-state index contributed by atoms with van der Waals surface area (Å²) in [6.07, 6.45) is 5.18. The molecule has 0 amide bonds. The van der Waals surface area contributed by atoms with Gasteiger partial charge in [-0.1, -0.05) is 59.6 Å². The van der Waals surface area contributed by atoms with Gasteiger partial charge >= 0.3 is 0 Å². The molecule has 1 unspecified atom stereocenters. The predicted octanol–water partition coefficient (Wildman–Crippen LogP) is 8.86. The summed E-state index contributed by atoms with van der Waals surface area (Å²) >= 11 is 12.3. The van der Waals surface area contributed by atoms with E-state index in [4.69, 9.17) is 32.7 Å². The SMILES string of the molecule is C1CCOCC1.C=C(C)c1ccc(-c2cnc(C)c(OC(C)c3c(Cl)ccc(F)c3Cl)c2)cc1. The summed E-state index contributed by atoms with van der Waals surface area (Å²) in [5.41, 5.74) is 5.16. The first-order valence-corrected chi connectivity index (χ1v) is 12.1. The molecule has 4 rings (SSSR count). The van der Waals surface area contributed by atoms with E-state index in [0.29, 0.717) is 16.3 Å². The number of aryl methyl sites for hydroxylation is 1. The van der Waals surface area contributed by atoms with Gasteiger partial charge in [-0.05, 0) is 69.4 Å². The first kappa shape index (κ1) is 26.2. The normalized spacial score (nSPS) is 14.1. The summed E-state index contributed by atoms with van der Waals surface area (Å²) in [6.45, 7) is 11.6. The van der Waals surface area contributed by atoms with Gasteiger partial charge in [-0.3, -0.25) is 4.98 Å². The molecule has 2 aromatic carbocycles. The Kier molecular flexibility index (Phi) is 9.52. The molecule has 0 bridgehead atoms. The lowest BCUT2D eigenvalue weighted by atomic mass is 10.0. The van der Waals surface area contributed by atoms with E-state index in [1.54, 1.807) is 13.1 Å². The Bertz CT molecular complexity index is 1120. The van der Waals surface area contributed by atoms with Crippen LogP contribution in [-0.4, -0.2) is 18.2 Å². The number of hydrogen-bond donors (Lipinski definition) is 0. The van der Waals surface area contributed by atoms with Crippen LogP contribution < -0.4 is 4.74 Å². The number of pyridine rings is 1. The Morgan fingerprint density at radius 3 is 2.29 bits per heavy atom. The second-order valence-corrected chi connectivity index (χ2v) is 9.14. The van der Waals surface area contributed by atoms with E-state index < -0.39 is 11.9 Å². The molecule has 34 heavy (non-hydrogen) atoms. The van der Waals surface area contributed by atoms with Crippen LogP contribution in [-0.2, 0) is 4.74 Å². The number of halogens is 3. The van der Waals surface area contributed by atoms with Crippen LogP contribution in [0.3, 0.4) is 0 Å². The highest BCUT2D eigenvalue weighted by molar-refractivity contribution is 6.36. The molecular formula is C28H30Cl2FNO2. The van der Waals surface area contributed by atoms with Crippen molar-refractivity contribution in [1.29, 1.82) is 0 Å². The van der Waals surface area contributed by atoms with Crippen LogP contribution in [0.25, 0.3) is 16.7 Å². The zero-order valence-corrected chi connectivity index (χ0v) is 21.3. The van der Waals surface area contributed by atoms with Crippen LogP contribution in [0.2, 0.25) is 10.0 Å². The fourth-order valence-corrected chi connectivity index (χ4v) is 4.27. The van der Waals surface area contributed by atoms with Crippen molar-refractivity contribution in [2.45, 2.75) is 46.1 Å². The van der Waals surface area contributed by atoms with Gasteiger partial charge in [0.25, 0.3) is 0 Å². The Morgan fingerprint density at radius 2 is 1.74 bits per heavy atom. The van der Waals surface area contributed by atoms with Crippen LogP contribution in [0.4, 0.5) is 4.39 Å². The van der Waals surface area contributed by atoms with Crippen LogP contribution in [0.5, 0.6) is 5.75 Å². The Labute approximate surface area is 211 Å². The predicted molar refractivity (Wildman–Crippen MR) is 139 cm³/mol. The van der Waals surface area contributed by atoms with Crippen molar-refractivity contribution in [1.82, 2.24) is 4.98 Å². The maximum absolute atomic E-state index is 13.8. The summed E-state index contributed by atoms with van der Waals surface area (Å²) in [7, 11) is 0. The van der Waals surface area contributed by atoms with Gasteiger partial charge in [-0.15, -0.1) is 0 Å². The largest absolute Gasteiger partial charge is 0.484 e. The zero-order chi connectivity index (χ0) is 24.7. The third-order valence-corrected chi connectivity index (χ3v) is 6.33. The second kappa shape index (κ2) is 12.3. The van der Waals surface area contributed by atoms with Gasteiger partial charge in [0.15, 0.2) is 0 Å². The van der Waals surface area contributed by atoms with E-state index in [1.807, 2.05) is 44.2 Å². The molecule has 1 aliphatic rings. The Hall–Kier alpha value is -2.40. The molecule has 0 saturated carbocycles. The van der Waals surface area contributed by atoms with E-state index in [-0.39, 0.29) is 5.02 Å². The van der Waals surface area contributed by atoms with Gasteiger partial charge in [0, 0.05) is 35.6 Å². The number of allylic oxidation sites excluding steroid dienone is 1. The monoisotopic (exact) mass is 501 g/mol. The summed E-state index contributed by atoms with van der Waals surface area (Å²) in [4.78, 5) is 4.44. The number of benzene rings is 2. The molecule has 6 heteroatoms. The Morgan fingerprint density at radius 1 is 1.06 bits per heavy atom. The second-order valence-electron chi connectivity index (χ2n) is 8.36. The molecule has 1 saturated heterocycles. The van der Waals surface area contributed by atoms with Crippen molar-refractivity contribution in [2.24, 2.45) is 0 Å². The van der Waals surface area contributed by atoms with Crippen molar-refractivity contribution in [3.05, 3.63) is 87.9 Å². The van der Waals surface area contributed by atoms with Crippen LogP contribution in [0.15, 0.2) is 55.2 Å². The van der Waals surface area contributed by atoms with E-state index in [2.05, 4.69) is 11.6 Å². The van der Waals surface area contributed by atoms with Crippen LogP contribution in [0.1, 0.15) is 56.0 Å². The maximum atomic E-state index is 13.8. The van der Waals surface area contributed by atoms with Gasteiger partial charge in [0.05, 0.1) is 10.7 Å². The van der Waals surface area contributed by atoms with Crippen LogP contribution in [0, 0.1) is 12.7 Å². The number of hydrogen-bond acceptors (Lipinski definition) is 3. The maximum Gasteiger partial charge on any atom is 0.142 e. The zero-order valence-electron chi connectivity index (χ0n) is 19.8. The fraction of sp³-hybridized carbons (Fsp3) is 0.321. The quantitative estimate of drug-likeness (QED) is 0.327. The highest BCUT2D eigenvalue weighted by atomic mass is 35.5. The molecular weight excluding hydrogens is 472 g/mol. The van der Waals surface area contributed by atoms with Crippen molar-refractivity contribution in [3.63, 3.8) is 0 Å². The summed E-state index contributed by atoms with van der Waals surface area (Å²) in [6, 6.07) is 12.7. The third-order valence-electron chi connectivity index (χ3n) is 5.62. The average Bonchev–Trinajstić information content (AvgIpc) is 2.84. The molecule has 3 nitrogen and oxygen atoms in total. The van der Waals surface area contributed by atoms with Gasteiger partial charge < -0.3 is 9.47 Å². The lowest BCUT2D eigenvalue weighted by Crippen LogP contribution is -2.07. The van der Waals surface area contributed by atoms with Crippen molar-refractivity contribution >= 4 is 28.8 Å². The highest BCUT2D eigenvalue weighted by Gasteiger charge is 2.19. The molecule has 0 aliphatic carbocycles. The number of aromatic nitrogens is 1. The molecule has 1 fully saturated rings. The number of ether oxygens (including phenoxy) is 2. The first-order chi connectivity index (χ1) is 16.3. The lowest BCUT2D eigenvalue weighted by molar-refractivity contribution is 0.0968. The van der Waals surface area contributed by atoms with E-state index in [1.165, 1.54) is 31.4 Å². The average molecular weight is 502 g/mol. The molecule has 0 spiro atoms. The topological polar surface area (TPSA) is 31.4 Å². The minimum Gasteiger partial charge on any atom is -0.484 e. The molecule has 1 aromatic heterocycles. The number of nitrogens with zero attached hydrogens (tertiary/aromatic N) is 1. The Balaban J connectivity index is 0.000000469. The van der Waals surface area contributed by atoms with Gasteiger partial charge in [0.2, 0.25) is 0 Å². The summed E-state index contributed by atoms with van der Waals surface area (Å²) in [5.74, 6) is 0.0584. The molecule has 2 heterocycles. The van der Waals surface area contributed by atoms with Crippen LogP contribution >= 0.6 is 23.2 Å². The van der Waals surface area contributed by atoms with E-state index in [9.17, 15) is 4.39 Å². The summed E-state index contributed by atoms with van der Waals surface area (Å²) < 4.78 is 25.0. The van der Waals surface area contributed by atoms with Gasteiger partial charge in [0.1, 0.15) is 17.7 Å². The summed E-state index contributed by atoms with van der Waals surface area (Å²) in [5, 5.41) is 0.327.